The number of hydrogen-bond acceptors (Lipinski definition) is 1. The van der Waals surface area contributed by atoms with Gasteiger partial charge in [0.25, 0.3) is 0 Å². The van der Waals surface area contributed by atoms with E-state index in [1.54, 1.807) is 12.1 Å². The van der Waals surface area contributed by atoms with Crippen molar-refractivity contribution in [3.63, 3.8) is 0 Å². The second-order valence-corrected chi connectivity index (χ2v) is 5.39. The van der Waals surface area contributed by atoms with Crippen molar-refractivity contribution >= 4 is 5.69 Å². The van der Waals surface area contributed by atoms with Crippen LogP contribution in [0.1, 0.15) is 36.3 Å². The molecule has 2 heteroatoms. The summed E-state index contributed by atoms with van der Waals surface area (Å²) in [6.45, 7) is 0.560. The summed E-state index contributed by atoms with van der Waals surface area (Å²) in [6.07, 6.45) is 3.42. The molecule has 0 saturated heterocycles. The predicted molar refractivity (Wildman–Crippen MR) is 84.8 cm³/mol. The lowest BCUT2D eigenvalue weighted by molar-refractivity contribution is 0.404. The number of nitrogens with one attached hydrogen (secondary N) is 1. The molecule has 0 unspecified atom stereocenters. The normalized spacial score (nSPS) is 14.0. The Morgan fingerprint density at radius 3 is 2.62 bits per heavy atom. The van der Waals surface area contributed by atoms with Gasteiger partial charge in [0.05, 0.1) is 6.54 Å². The molecule has 21 heavy (non-hydrogen) atoms. The lowest BCUT2D eigenvalue weighted by Crippen LogP contribution is -2.11. The molecule has 3 rings (SSSR count). The van der Waals surface area contributed by atoms with Crippen molar-refractivity contribution < 1.29 is 4.39 Å². The summed E-state index contributed by atoms with van der Waals surface area (Å²) in [7, 11) is 0. The van der Waals surface area contributed by atoms with Crippen LogP contribution in [0.25, 0.3) is 0 Å². The third-order valence-electron chi connectivity index (χ3n) is 3.93. The maximum atomic E-state index is 13.8. The third kappa shape index (κ3) is 3.44. The van der Waals surface area contributed by atoms with Crippen molar-refractivity contribution in [2.75, 3.05) is 11.9 Å². The predicted octanol–water partition coefficient (Wildman–Crippen LogP) is 4.56. The standard InChI is InChI=1S/C19H18FN/c20-19-12-11-17(14-18(19)16-9-4-10-16)21-13-5-8-15-6-2-1-3-7-15/h1-3,6-7,11-12,14,16,21H,4,9-10,13H2. The van der Waals surface area contributed by atoms with Gasteiger partial charge in [-0.05, 0) is 54.7 Å². The fraction of sp³-hybridized carbons (Fsp3) is 0.263. The van der Waals surface area contributed by atoms with E-state index >= 15 is 0 Å². The van der Waals surface area contributed by atoms with E-state index in [0.29, 0.717) is 12.5 Å². The highest BCUT2D eigenvalue weighted by molar-refractivity contribution is 5.48. The van der Waals surface area contributed by atoms with Gasteiger partial charge in [-0.1, -0.05) is 36.5 Å². The van der Waals surface area contributed by atoms with E-state index in [1.165, 1.54) is 6.42 Å². The molecule has 0 radical (unpaired) electrons. The molecule has 0 heterocycles. The number of benzene rings is 2. The summed E-state index contributed by atoms with van der Waals surface area (Å²) in [6, 6.07) is 15.2. The zero-order valence-electron chi connectivity index (χ0n) is 11.9. The molecular formula is C19H18FN. The Morgan fingerprint density at radius 1 is 1.10 bits per heavy atom. The third-order valence-corrected chi connectivity index (χ3v) is 3.93. The summed E-state index contributed by atoms with van der Waals surface area (Å²) in [5.74, 6) is 6.51. The van der Waals surface area contributed by atoms with Crippen LogP contribution >= 0.6 is 0 Å². The highest BCUT2D eigenvalue weighted by Gasteiger charge is 2.22. The molecule has 1 saturated carbocycles. The Kier molecular flexibility index (Phi) is 4.21. The molecule has 1 aliphatic rings. The van der Waals surface area contributed by atoms with Crippen LogP contribution in [0.5, 0.6) is 0 Å². The highest BCUT2D eigenvalue weighted by Crippen LogP contribution is 2.38. The first-order valence-electron chi connectivity index (χ1n) is 7.40. The molecule has 1 nitrogen and oxygen atoms in total. The van der Waals surface area contributed by atoms with Crippen molar-refractivity contribution in [2.45, 2.75) is 25.2 Å². The first kappa shape index (κ1) is 13.7. The summed E-state index contributed by atoms with van der Waals surface area (Å²) >= 11 is 0. The largest absolute Gasteiger partial charge is 0.374 e. The first-order chi connectivity index (χ1) is 10.3. The summed E-state index contributed by atoms with van der Waals surface area (Å²) in [5, 5.41) is 3.25. The molecule has 1 aliphatic carbocycles. The molecule has 106 valence electrons. The van der Waals surface area contributed by atoms with Crippen LogP contribution < -0.4 is 5.32 Å². The van der Waals surface area contributed by atoms with Crippen LogP contribution in [0.15, 0.2) is 48.5 Å². The molecular weight excluding hydrogens is 261 g/mol. The highest BCUT2D eigenvalue weighted by atomic mass is 19.1. The molecule has 2 aromatic rings. The van der Waals surface area contributed by atoms with E-state index in [4.69, 9.17) is 0 Å². The van der Waals surface area contributed by atoms with Crippen molar-refractivity contribution in [1.82, 2.24) is 0 Å². The minimum Gasteiger partial charge on any atom is -0.374 e. The van der Waals surface area contributed by atoms with Crippen molar-refractivity contribution in [2.24, 2.45) is 0 Å². The van der Waals surface area contributed by atoms with Gasteiger partial charge in [0.1, 0.15) is 5.82 Å². The Balaban J connectivity index is 1.62. The molecule has 0 spiro atoms. The second kappa shape index (κ2) is 6.45. The summed E-state index contributed by atoms with van der Waals surface area (Å²) in [5.41, 5.74) is 2.80. The molecule has 0 bridgehead atoms. The molecule has 2 aromatic carbocycles. The van der Waals surface area contributed by atoms with E-state index in [9.17, 15) is 4.39 Å². The average molecular weight is 279 g/mol. The first-order valence-corrected chi connectivity index (χ1v) is 7.40. The number of anilines is 1. The van der Waals surface area contributed by atoms with Crippen molar-refractivity contribution in [1.29, 1.82) is 0 Å². The van der Waals surface area contributed by atoms with Crippen LogP contribution in [0.3, 0.4) is 0 Å². The Labute approximate surface area is 125 Å². The van der Waals surface area contributed by atoms with Crippen LogP contribution in [0, 0.1) is 17.7 Å². The quantitative estimate of drug-likeness (QED) is 0.812. The van der Waals surface area contributed by atoms with E-state index in [1.807, 2.05) is 36.4 Å². The van der Waals surface area contributed by atoms with Gasteiger partial charge in [-0.15, -0.1) is 0 Å². The molecule has 1 fully saturated rings. The van der Waals surface area contributed by atoms with Crippen LogP contribution in [-0.4, -0.2) is 6.54 Å². The van der Waals surface area contributed by atoms with Gasteiger partial charge < -0.3 is 5.32 Å². The van der Waals surface area contributed by atoms with Crippen molar-refractivity contribution in [3.05, 3.63) is 65.5 Å². The smallest absolute Gasteiger partial charge is 0.126 e. The van der Waals surface area contributed by atoms with E-state index < -0.39 is 0 Å². The molecule has 0 aliphatic heterocycles. The van der Waals surface area contributed by atoms with Gasteiger partial charge in [-0.3, -0.25) is 0 Å². The number of rotatable bonds is 3. The maximum absolute atomic E-state index is 13.8. The Hall–Kier alpha value is -2.27. The second-order valence-electron chi connectivity index (χ2n) is 5.39. The van der Waals surface area contributed by atoms with Crippen LogP contribution in [0.2, 0.25) is 0 Å². The lowest BCUT2D eigenvalue weighted by Gasteiger charge is -2.26. The number of halogens is 1. The Bertz CT molecular complexity index is 663. The summed E-state index contributed by atoms with van der Waals surface area (Å²) < 4.78 is 13.8. The zero-order chi connectivity index (χ0) is 14.5. The van der Waals surface area contributed by atoms with Crippen molar-refractivity contribution in [3.8, 4) is 11.8 Å². The van der Waals surface area contributed by atoms with Crippen LogP contribution in [0.4, 0.5) is 10.1 Å². The molecule has 1 N–H and O–H groups in total. The van der Waals surface area contributed by atoms with E-state index in [0.717, 1.165) is 29.7 Å². The van der Waals surface area contributed by atoms with Gasteiger partial charge in [-0.25, -0.2) is 4.39 Å². The average Bonchev–Trinajstić information content (AvgIpc) is 2.46. The van der Waals surface area contributed by atoms with E-state index in [2.05, 4.69) is 17.2 Å². The zero-order valence-corrected chi connectivity index (χ0v) is 11.9. The Morgan fingerprint density at radius 2 is 1.90 bits per heavy atom. The molecule has 0 atom stereocenters. The van der Waals surface area contributed by atoms with E-state index in [-0.39, 0.29) is 5.82 Å². The van der Waals surface area contributed by atoms with Gasteiger partial charge in [0.2, 0.25) is 0 Å². The molecule has 0 amide bonds. The fourth-order valence-corrected chi connectivity index (χ4v) is 2.50. The maximum Gasteiger partial charge on any atom is 0.126 e. The summed E-state index contributed by atoms with van der Waals surface area (Å²) in [4.78, 5) is 0. The van der Waals surface area contributed by atoms with Gasteiger partial charge >= 0.3 is 0 Å². The minimum absolute atomic E-state index is 0.0828. The van der Waals surface area contributed by atoms with Gasteiger partial charge in [-0.2, -0.15) is 0 Å². The van der Waals surface area contributed by atoms with Crippen LogP contribution in [-0.2, 0) is 0 Å². The fourth-order valence-electron chi connectivity index (χ4n) is 2.50. The van der Waals surface area contributed by atoms with Gasteiger partial charge in [0.15, 0.2) is 0 Å². The lowest BCUT2D eigenvalue weighted by atomic mass is 9.80. The minimum atomic E-state index is -0.0828. The SMILES string of the molecule is Fc1ccc(NCC#Cc2ccccc2)cc1C1CCC1. The van der Waals surface area contributed by atoms with Gasteiger partial charge in [0, 0.05) is 11.3 Å². The number of hydrogen-bond donors (Lipinski definition) is 1. The topological polar surface area (TPSA) is 12.0 Å². The molecule has 0 aromatic heterocycles. The monoisotopic (exact) mass is 279 g/mol.